The average Bonchev–Trinajstić information content (AvgIpc) is 3.49. The van der Waals surface area contributed by atoms with E-state index in [1.807, 2.05) is 6.07 Å². The fourth-order valence-electron chi connectivity index (χ4n) is 6.88. The van der Waals surface area contributed by atoms with Crippen LogP contribution in [0.15, 0.2) is 29.3 Å². The molecule has 1 N–H and O–H groups in total. The van der Waals surface area contributed by atoms with Gasteiger partial charge in [0.05, 0.1) is 12.8 Å². The first kappa shape index (κ1) is 26.9. The van der Waals surface area contributed by atoms with Crippen LogP contribution in [0.3, 0.4) is 0 Å². The SMILES string of the molecule is CC(C)=C1CCC(N2CCC(n3c(CNS(C)(=O)=O)c(CN4CCCC4)c4cc(F)ccc43)CC2)CC1. The van der Waals surface area contributed by atoms with Crippen LogP contribution in [0, 0.1) is 5.82 Å². The van der Waals surface area contributed by atoms with Crippen LogP contribution in [0.4, 0.5) is 4.39 Å². The van der Waals surface area contributed by atoms with Crippen LogP contribution in [-0.2, 0) is 23.1 Å². The van der Waals surface area contributed by atoms with E-state index in [0.29, 0.717) is 6.04 Å². The standard InChI is InChI=1S/C29H43FN4O2S/c1-21(2)22-6-9-24(10-7-22)33-16-12-25(13-17-33)34-28-11-8-23(30)18-26(28)27(20-32-14-4-5-15-32)29(34)19-31-37(3,35)36/h8,11,18,24-25,31H,4-7,9-10,12-17,19-20H2,1-3H3. The van der Waals surface area contributed by atoms with E-state index < -0.39 is 10.0 Å². The zero-order valence-electron chi connectivity index (χ0n) is 22.7. The molecule has 2 aromatic rings. The molecule has 0 amide bonds. The third-order valence-corrected chi connectivity index (χ3v) is 9.58. The second kappa shape index (κ2) is 11.2. The van der Waals surface area contributed by atoms with Crippen LogP contribution in [0.2, 0.25) is 0 Å². The Morgan fingerprint density at radius 1 is 1.00 bits per heavy atom. The van der Waals surface area contributed by atoms with Crippen molar-refractivity contribution in [3.8, 4) is 0 Å². The first-order valence-corrected chi connectivity index (χ1v) is 16.0. The van der Waals surface area contributed by atoms with Crippen molar-refractivity contribution in [3.63, 3.8) is 0 Å². The molecule has 1 saturated carbocycles. The van der Waals surface area contributed by atoms with Gasteiger partial charge >= 0.3 is 0 Å². The maximum absolute atomic E-state index is 14.5. The molecular formula is C29H43FN4O2S. The van der Waals surface area contributed by atoms with Crippen molar-refractivity contribution in [2.24, 2.45) is 0 Å². The van der Waals surface area contributed by atoms with Crippen molar-refractivity contribution < 1.29 is 12.8 Å². The molecule has 8 heteroatoms. The Balaban J connectivity index is 1.42. The fourth-order valence-corrected chi connectivity index (χ4v) is 7.28. The summed E-state index contributed by atoms with van der Waals surface area (Å²) in [6, 6.07) is 6.04. The Morgan fingerprint density at radius 3 is 2.30 bits per heavy atom. The molecule has 5 rings (SSSR count). The molecule has 1 aliphatic carbocycles. The molecule has 1 aromatic heterocycles. The van der Waals surface area contributed by atoms with Gasteiger partial charge in [-0.1, -0.05) is 11.1 Å². The Kier molecular flexibility index (Phi) is 8.10. The van der Waals surface area contributed by atoms with Crippen molar-refractivity contribution in [2.45, 2.75) is 90.4 Å². The van der Waals surface area contributed by atoms with E-state index in [1.54, 1.807) is 17.7 Å². The number of benzene rings is 1. The van der Waals surface area contributed by atoms with Gasteiger partial charge < -0.3 is 9.47 Å². The first-order chi connectivity index (χ1) is 17.7. The fraction of sp³-hybridized carbons (Fsp3) is 0.655. The van der Waals surface area contributed by atoms with Gasteiger partial charge in [-0.3, -0.25) is 4.90 Å². The molecule has 0 spiro atoms. The Labute approximate surface area is 221 Å². The van der Waals surface area contributed by atoms with Gasteiger partial charge in [0.2, 0.25) is 10.0 Å². The van der Waals surface area contributed by atoms with E-state index in [2.05, 4.69) is 32.9 Å². The van der Waals surface area contributed by atoms with Gasteiger partial charge in [-0.25, -0.2) is 17.5 Å². The van der Waals surface area contributed by atoms with Crippen molar-refractivity contribution in [2.75, 3.05) is 32.4 Å². The Hall–Kier alpha value is -1.74. The summed E-state index contributed by atoms with van der Waals surface area (Å²) in [5.74, 6) is -0.238. The molecule has 3 fully saturated rings. The zero-order chi connectivity index (χ0) is 26.2. The number of likely N-dealkylation sites (tertiary alicyclic amines) is 2. The number of rotatable bonds is 7. The molecule has 3 heterocycles. The van der Waals surface area contributed by atoms with Crippen molar-refractivity contribution in [3.05, 3.63) is 46.4 Å². The summed E-state index contributed by atoms with van der Waals surface area (Å²) < 4.78 is 43.8. The average molecular weight is 531 g/mol. The monoisotopic (exact) mass is 530 g/mol. The lowest BCUT2D eigenvalue weighted by Gasteiger charge is -2.41. The highest BCUT2D eigenvalue weighted by Crippen LogP contribution is 2.37. The summed E-state index contributed by atoms with van der Waals surface area (Å²) in [5.41, 5.74) is 6.25. The lowest BCUT2D eigenvalue weighted by atomic mass is 9.86. The number of aromatic nitrogens is 1. The molecule has 3 aliphatic rings. The van der Waals surface area contributed by atoms with Gasteiger partial charge in [0.1, 0.15) is 5.82 Å². The molecule has 0 radical (unpaired) electrons. The molecule has 0 unspecified atom stereocenters. The normalized spacial score (nSPS) is 22.8. The topological polar surface area (TPSA) is 57.6 Å². The van der Waals surface area contributed by atoms with Gasteiger partial charge in [-0.05, 0) is 102 Å². The molecule has 2 saturated heterocycles. The second-order valence-corrected chi connectivity index (χ2v) is 13.5. The number of halogens is 1. The zero-order valence-corrected chi connectivity index (χ0v) is 23.5. The van der Waals surface area contributed by atoms with Crippen LogP contribution >= 0.6 is 0 Å². The number of allylic oxidation sites excluding steroid dienone is 2. The third kappa shape index (κ3) is 6.13. The summed E-state index contributed by atoms with van der Waals surface area (Å²) in [4.78, 5) is 5.10. The highest BCUT2D eigenvalue weighted by molar-refractivity contribution is 7.88. The van der Waals surface area contributed by atoms with E-state index in [0.717, 1.165) is 67.7 Å². The molecule has 1 aromatic carbocycles. The number of fused-ring (bicyclic) bond motifs is 1. The number of piperidine rings is 1. The van der Waals surface area contributed by atoms with Crippen LogP contribution in [0.1, 0.15) is 82.5 Å². The first-order valence-electron chi connectivity index (χ1n) is 14.1. The number of hydrogen-bond acceptors (Lipinski definition) is 4. The highest BCUT2D eigenvalue weighted by atomic mass is 32.2. The summed E-state index contributed by atoms with van der Waals surface area (Å²) in [6.45, 7) is 9.64. The Morgan fingerprint density at radius 2 is 1.68 bits per heavy atom. The maximum Gasteiger partial charge on any atom is 0.209 e. The summed E-state index contributed by atoms with van der Waals surface area (Å²) in [6.07, 6.45) is 10.6. The number of sulfonamides is 1. The minimum Gasteiger partial charge on any atom is -0.340 e. The molecule has 204 valence electrons. The molecule has 6 nitrogen and oxygen atoms in total. The van der Waals surface area contributed by atoms with Gasteiger partial charge in [0.25, 0.3) is 0 Å². The molecule has 37 heavy (non-hydrogen) atoms. The van der Waals surface area contributed by atoms with Crippen molar-refractivity contribution in [1.82, 2.24) is 19.1 Å². The van der Waals surface area contributed by atoms with E-state index in [1.165, 1.54) is 50.4 Å². The van der Waals surface area contributed by atoms with Gasteiger partial charge in [0, 0.05) is 48.3 Å². The molecule has 2 aliphatic heterocycles. The number of nitrogens with zero attached hydrogens (tertiary/aromatic N) is 3. The number of hydrogen-bond donors (Lipinski definition) is 1. The van der Waals surface area contributed by atoms with Gasteiger partial charge in [-0.2, -0.15) is 0 Å². The highest BCUT2D eigenvalue weighted by Gasteiger charge is 2.31. The molecule has 0 atom stereocenters. The minimum atomic E-state index is -3.36. The van der Waals surface area contributed by atoms with E-state index in [9.17, 15) is 12.8 Å². The van der Waals surface area contributed by atoms with E-state index in [-0.39, 0.29) is 18.4 Å². The third-order valence-electron chi connectivity index (χ3n) is 8.91. The van der Waals surface area contributed by atoms with E-state index >= 15 is 0 Å². The number of nitrogens with one attached hydrogen (secondary N) is 1. The largest absolute Gasteiger partial charge is 0.340 e. The molecular weight excluding hydrogens is 487 g/mol. The van der Waals surface area contributed by atoms with Crippen molar-refractivity contribution >= 4 is 20.9 Å². The maximum atomic E-state index is 14.5. The lowest BCUT2D eigenvalue weighted by molar-refractivity contribution is 0.116. The molecule has 0 bridgehead atoms. The smallest absolute Gasteiger partial charge is 0.209 e. The van der Waals surface area contributed by atoms with Crippen molar-refractivity contribution in [1.29, 1.82) is 0 Å². The predicted molar refractivity (Wildman–Crippen MR) is 149 cm³/mol. The van der Waals surface area contributed by atoms with Crippen LogP contribution in [0.5, 0.6) is 0 Å². The van der Waals surface area contributed by atoms with E-state index in [4.69, 9.17) is 0 Å². The summed E-state index contributed by atoms with van der Waals surface area (Å²) >= 11 is 0. The second-order valence-electron chi connectivity index (χ2n) is 11.6. The summed E-state index contributed by atoms with van der Waals surface area (Å²) in [5, 5.41) is 0.932. The Bertz CT molecular complexity index is 1240. The summed E-state index contributed by atoms with van der Waals surface area (Å²) in [7, 11) is -3.36. The van der Waals surface area contributed by atoms with Crippen LogP contribution in [0.25, 0.3) is 10.9 Å². The minimum absolute atomic E-state index is 0.238. The van der Waals surface area contributed by atoms with Gasteiger partial charge in [0.15, 0.2) is 0 Å². The van der Waals surface area contributed by atoms with Crippen LogP contribution in [-0.4, -0.2) is 61.3 Å². The van der Waals surface area contributed by atoms with Gasteiger partial charge in [-0.15, -0.1) is 0 Å². The lowest BCUT2D eigenvalue weighted by Crippen LogP contribution is -2.43. The quantitative estimate of drug-likeness (QED) is 0.491. The predicted octanol–water partition coefficient (Wildman–Crippen LogP) is 5.34. The van der Waals surface area contributed by atoms with Crippen LogP contribution < -0.4 is 4.72 Å².